The molecule has 2 N–H and O–H groups in total. The van der Waals surface area contributed by atoms with Gasteiger partial charge in [0.25, 0.3) is 5.91 Å². The molecule has 21 heavy (non-hydrogen) atoms. The van der Waals surface area contributed by atoms with Crippen LogP contribution < -0.4 is 10.6 Å². The lowest BCUT2D eigenvalue weighted by Crippen LogP contribution is -2.51. The van der Waals surface area contributed by atoms with E-state index in [1.807, 2.05) is 0 Å². The summed E-state index contributed by atoms with van der Waals surface area (Å²) >= 11 is 1.58. The summed E-state index contributed by atoms with van der Waals surface area (Å²) in [6, 6.07) is 2.21. The predicted octanol–water partition coefficient (Wildman–Crippen LogP) is 2.70. The molecule has 4 nitrogen and oxygen atoms in total. The third-order valence-electron chi connectivity index (χ3n) is 3.46. The van der Waals surface area contributed by atoms with Crippen molar-refractivity contribution in [1.82, 2.24) is 5.32 Å². The van der Waals surface area contributed by atoms with Gasteiger partial charge in [0.2, 0.25) is 0 Å². The molecule has 1 fully saturated rings. The summed E-state index contributed by atoms with van der Waals surface area (Å²) in [6.45, 7) is 1.33. The van der Waals surface area contributed by atoms with Crippen molar-refractivity contribution >= 4 is 46.6 Å². The first-order valence-electron chi connectivity index (χ1n) is 6.20. The van der Waals surface area contributed by atoms with E-state index < -0.39 is 17.2 Å². The molecule has 1 aliphatic heterocycles. The van der Waals surface area contributed by atoms with Crippen LogP contribution in [0.25, 0.3) is 0 Å². The van der Waals surface area contributed by atoms with Crippen molar-refractivity contribution in [3.63, 3.8) is 0 Å². The first kappa shape index (κ1) is 18.5. The molecular formula is C13H16ClF2IN2O2. The van der Waals surface area contributed by atoms with Crippen molar-refractivity contribution in [3.05, 3.63) is 27.3 Å². The number of anilines is 1. The number of amides is 1. The molecule has 1 amide bonds. The summed E-state index contributed by atoms with van der Waals surface area (Å²) in [5.41, 5.74) is -0.846. The van der Waals surface area contributed by atoms with E-state index in [0.717, 1.165) is 12.1 Å². The van der Waals surface area contributed by atoms with E-state index in [1.165, 1.54) is 7.11 Å². The Morgan fingerprint density at radius 1 is 1.33 bits per heavy atom. The van der Waals surface area contributed by atoms with E-state index >= 15 is 0 Å². The summed E-state index contributed by atoms with van der Waals surface area (Å²) in [4.78, 5) is 12.3. The molecule has 0 bridgehead atoms. The minimum absolute atomic E-state index is 0. The number of carbonyl (C=O) groups is 1. The highest BCUT2D eigenvalue weighted by molar-refractivity contribution is 14.1. The second kappa shape index (κ2) is 7.66. The topological polar surface area (TPSA) is 50.4 Å². The zero-order valence-corrected chi connectivity index (χ0v) is 14.3. The molecule has 1 aliphatic rings. The maximum absolute atomic E-state index is 13.5. The van der Waals surface area contributed by atoms with Gasteiger partial charge in [-0.3, -0.25) is 4.79 Å². The maximum atomic E-state index is 13.5. The Balaban J connectivity index is 0.00000220. The second-order valence-electron chi connectivity index (χ2n) is 4.66. The van der Waals surface area contributed by atoms with Crippen molar-refractivity contribution in [2.75, 3.05) is 25.5 Å². The summed E-state index contributed by atoms with van der Waals surface area (Å²) in [7, 11) is 1.47. The van der Waals surface area contributed by atoms with Crippen molar-refractivity contribution in [3.8, 4) is 0 Å². The predicted molar refractivity (Wildman–Crippen MR) is 86.8 cm³/mol. The van der Waals surface area contributed by atoms with Crippen LogP contribution in [0, 0.1) is 15.2 Å². The van der Waals surface area contributed by atoms with Gasteiger partial charge in [-0.25, -0.2) is 8.78 Å². The lowest BCUT2D eigenvalue weighted by Gasteiger charge is -2.34. The molecule has 0 saturated carbocycles. The Bertz CT molecular complexity index is 502. The number of rotatable bonds is 3. The van der Waals surface area contributed by atoms with Gasteiger partial charge in [0, 0.05) is 12.8 Å². The van der Waals surface area contributed by atoms with Crippen LogP contribution in [0.4, 0.5) is 14.5 Å². The molecule has 0 radical (unpaired) electrons. The van der Waals surface area contributed by atoms with Crippen LogP contribution in [0.5, 0.6) is 0 Å². The average molecular weight is 433 g/mol. The highest BCUT2D eigenvalue weighted by Gasteiger charge is 2.39. The Hall–Kier alpha value is -0.510. The molecule has 1 aromatic carbocycles. The molecule has 1 heterocycles. The monoisotopic (exact) mass is 432 g/mol. The summed E-state index contributed by atoms with van der Waals surface area (Å²) in [5.74, 6) is -1.77. The summed E-state index contributed by atoms with van der Waals surface area (Å²) in [5, 5.41) is 5.67. The largest absolute Gasteiger partial charge is 0.368 e. The summed E-state index contributed by atoms with van der Waals surface area (Å²) < 4.78 is 32.2. The van der Waals surface area contributed by atoms with E-state index in [1.54, 1.807) is 22.6 Å². The van der Waals surface area contributed by atoms with Crippen molar-refractivity contribution in [1.29, 1.82) is 0 Å². The van der Waals surface area contributed by atoms with Gasteiger partial charge in [0.05, 0.1) is 3.57 Å². The van der Waals surface area contributed by atoms with Gasteiger partial charge in [0.1, 0.15) is 17.2 Å². The fourth-order valence-corrected chi connectivity index (χ4v) is 2.54. The number of piperidine rings is 1. The van der Waals surface area contributed by atoms with E-state index in [4.69, 9.17) is 4.74 Å². The molecule has 2 rings (SSSR count). The molecule has 0 spiro atoms. The molecule has 1 aromatic rings. The van der Waals surface area contributed by atoms with Crippen molar-refractivity contribution in [2.45, 2.75) is 18.4 Å². The zero-order valence-electron chi connectivity index (χ0n) is 11.3. The van der Waals surface area contributed by atoms with Crippen molar-refractivity contribution in [2.24, 2.45) is 0 Å². The van der Waals surface area contributed by atoms with Gasteiger partial charge in [-0.2, -0.15) is 0 Å². The molecule has 0 aliphatic carbocycles. The second-order valence-corrected chi connectivity index (χ2v) is 5.74. The number of ether oxygens (including phenoxy) is 1. The normalized spacial score (nSPS) is 17.0. The third kappa shape index (κ3) is 4.02. The highest BCUT2D eigenvalue weighted by Crippen LogP contribution is 2.26. The molecule has 0 unspecified atom stereocenters. The van der Waals surface area contributed by atoms with E-state index in [0.29, 0.717) is 25.9 Å². The molecule has 8 heteroatoms. The van der Waals surface area contributed by atoms with Gasteiger partial charge >= 0.3 is 0 Å². The SMILES string of the molecule is COC1(C(=O)Nc2cc(F)c(I)c(F)c2)CCNCC1.Cl. The van der Waals surface area contributed by atoms with Gasteiger partial charge in [0.15, 0.2) is 0 Å². The third-order valence-corrected chi connectivity index (χ3v) is 4.49. The molecule has 0 aromatic heterocycles. The number of halogens is 4. The Labute approximate surface area is 141 Å². The minimum atomic E-state index is -0.943. The van der Waals surface area contributed by atoms with E-state index in [-0.39, 0.29) is 27.6 Å². The summed E-state index contributed by atoms with van der Waals surface area (Å²) in [6.07, 6.45) is 1.04. The first-order valence-corrected chi connectivity index (χ1v) is 7.28. The number of hydrogen-bond acceptors (Lipinski definition) is 3. The van der Waals surface area contributed by atoms with Crippen LogP contribution in [-0.4, -0.2) is 31.7 Å². The number of hydrogen-bond donors (Lipinski definition) is 2. The lowest BCUT2D eigenvalue weighted by molar-refractivity contribution is -0.140. The number of methoxy groups -OCH3 is 1. The number of nitrogens with one attached hydrogen (secondary N) is 2. The lowest BCUT2D eigenvalue weighted by atomic mass is 9.91. The van der Waals surface area contributed by atoms with Crippen LogP contribution >= 0.6 is 35.0 Å². The maximum Gasteiger partial charge on any atom is 0.256 e. The fraction of sp³-hybridized carbons (Fsp3) is 0.462. The number of carbonyl (C=O) groups excluding carboxylic acids is 1. The van der Waals surface area contributed by atoms with Gasteiger partial charge < -0.3 is 15.4 Å². The van der Waals surface area contributed by atoms with Crippen LogP contribution in [0.15, 0.2) is 12.1 Å². The van der Waals surface area contributed by atoms with Crippen LogP contribution in [-0.2, 0) is 9.53 Å². The van der Waals surface area contributed by atoms with Gasteiger partial charge in [-0.1, -0.05) is 0 Å². The van der Waals surface area contributed by atoms with Gasteiger partial charge in [-0.15, -0.1) is 12.4 Å². The molecule has 1 saturated heterocycles. The van der Waals surface area contributed by atoms with E-state index in [2.05, 4.69) is 10.6 Å². The quantitative estimate of drug-likeness (QED) is 0.570. The Morgan fingerprint density at radius 2 is 1.86 bits per heavy atom. The van der Waals surface area contributed by atoms with Crippen LogP contribution in [0.1, 0.15) is 12.8 Å². The molecule has 118 valence electrons. The standard InChI is InChI=1S/C13H15F2IN2O2.ClH/c1-20-13(2-4-17-5-3-13)12(19)18-8-6-9(14)11(16)10(15)7-8;/h6-7,17H,2-5H2,1H3,(H,18,19);1H. The van der Waals surface area contributed by atoms with Crippen molar-refractivity contribution < 1.29 is 18.3 Å². The smallest absolute Gasteiger partial charge is 0.256 e. The fourth-order valence-electron chi connectivity index (χ4n) is 2.23. The van der Waals surface area contributed by atoms with Crippen LogP contribution in [0.2, 0.25) is 0 Å². The van der Waals surface area contributed by atoms with E-state index in [9.17, 15) is 13.6 Å². The number of benzene rings is 1. The van der Waals surface area contributed by atoms with Gasteiger partial charge in [-0.05, 0) is 60.7 Å². The highest BCUT2D eigenvalue weighted by atomic mass is 127. The molecular weight excluding hydrogens is 417 g/mol. The molecule has 0 atom stereocenters. The first-order chi connectivity index (χ1) is 9.48. The Kier molecular flexibility index (Phi) is 6.76. The average Bonchev–Trinajstić information content (AvgIpc) is 2.45. The Morgan fingerprint density at radius 3 is 2.33 bits per heavy atom. The minimum Gasteiger partial charge on any atom is -0.368 e. The zero-order chi connectivity index (χ0) is 14.8. The van der Waals surface area contributed by atoms with Crippen LogP contribution in [0.3, 0.4) is 0 Å².